The average Bonchev–Trinajstić information content (AvgIpc) is 2.90. The largest absolute Gasteiger partial charge is 0.480 e. The number of carboxylic acids is 1. The number of hydrogen-bond acceptors (Lipinski definition) is 3. The Labute approximate surface area is 101 Å². The number of likely N-dealkylation sites (tertiary alicyclic amines) is 1. The van der Waals surface area contributed by atoms with Crippen molar-refractivity contribution in [1.29, 1.82) is 0 Å². The van der Waals surface area contributed by atoms with Crippen LogP contribution in [-0.2, 0) is 11.3 Å². The summed E-state index contributed by atoms with van der Waals surface area (Å²) in [6, 6.07) is 2.37. The molecule has 2 heterocycles. The number of carbonyl (C=O) groups is 1. The molecule has 0 saturated carbocycles. The first kappa shape index (κ1) is 12.1. The maximum atomic E-state index is 10.7. The SMILES string of the molecule is O=C(O)CN1CCC[C@H]1CCCn1cccn1. The maximum Gasteiger partial charge on any atom is 0.317 e. The van der Waals surface area contributed by atoms with Crippen LogP contribution in [0.1, 0.15) is 25.7 Å². The van der Waals surface area contributed by atoms with Crippen LogP contribution in [0.15, 0.2) is 18.5 Å². The zero-order chi connectivity index (χ0) is 12.1. The van der Waals surface area contributed by atoms with Crippen LogP contribution in [0.2, 0.25) is 0 Å². The summed E-state index contributed by atoms with van der Waals surface area (Å²) in [5, 5.41) is 13.0. The third-order valence-corrected chi connectivity index (χ3v) is 3.32. The molecule has 94 valence electrons. The number of aromatic nitrogens is 2. The van der Waals surface area contributed by atoms with Crippen molar-refractivity contribution >= 4 is 5.97 Å². The lowest BCUT2D eigenvalue weighted by Gasteiger charge is -2.22. The Hall–Kier alpha value is -1.36. The summed E-state index contributed by atoms with van der Waals surface area (Å²) < 4.78 is 1.93. The van der Waals surface area contributed by atoms with Crippen molar-refractivity contribution in [3.05, 3.63) is 18.5 Å². The summed E-state index contributed by atoms with van der Waals surface area (Å²) in [4.78, 5) is 12.8. The molecule has 1 atom stereocenters. The van der Waals surface area contributed by atoms with Gasteiger partial charge in [-0.15, -0.1) is 0 Å². The predicted molar refractivity (Wildman–Crippen MR) is 63.7 cm³/mol. The van der Waals surface area contributed by atoms with E-state index in [2.05, 4.69) is 10.00 Å². The van der Waals surface area contributed by atoms with E-state index in [1.165, 1.54) is 0 Å². The van der Waals surface area contributed by atoms with Crippen molar-refractivity contribution in [2.24, 2.45) is 0 Å². The first-order valence-corrected chi connectivity index (χ1v) is 6.19. The number of nitrogens with zero attached hydrogens (tertiary/aromatic N) is 3. The van der Waals surface area contributed by atoms with Crippen LogP contribution >= 0.6 is 0 Å². The first-order valence-electron chi connectivity index (χ1n) is 6.19. The van der Waals surface area contributed by atoms with Crippen LogP contribution in [-0.4, -0.2) is 44.9 Å². The highest BCUT2D eigenvalue weighted by molar-refractivity contribution is 5.69. The molecule has 0 amide bonds. The fourth-order valence-corrected chi connectivity index (χ4v) is 2.53. The van der Waals surface area contributed by atoms with E-state index in [1.807, 2.05) is 16.9 Å². The standard InChI is InChI=1S/C12H19N3O2/c16-12(17)10-14-7-1-4-11(14)5-2-8-15-9-3-6-13-15/h3,6,9,11H,1-2,4-5,7-8,10H2,(H,16,17)/t11-/m0/s1. The molecule has 2 rings (SSSR count). The van der Waals surface area contributed by atoms with E-state index in [9.17, 15) is 4.79 Å². The molecular weight excluding hydrogens is 218 g/mol. The van der Waals surface area contributed by atoms with Gasteiger partial charge in [-0.25, -0.2) is 0 Å². The summed E-state index contributed by atoms with van der Waals surface area (Å²) in [7, 11) is 0. The third-order valence-electron chi connectivity index (χ3n) is 3.32. The van der Waals surface area contributed by atoms with E-state index in [4.69, 9.17) is 5.11 Å². The van der Waals surface area contributed by atoms with Crippen molar-refractivity contribution in [2.45, 2.75) is 38.3 Å². The van der Waals surface area contributed by atoms with E-state index in [-0.39, 0.29) is 6.54 Å². The Morgan fingerprint density at radius 1 is 1.53 bits per heavy atom. The lowest BCUT2D eigenvalue weighted by molar-refractivity contribution is -0.138. The summed E-state index contributed by atoms with van der Waals surface area (Å²) in [5.74, 6) is -0.719. The van der Waals surface area contributed by atoms with Gasteiger partial charge >= 0.3 is 5.97 Å². The maximum absolute atomic E-state index is 10.7. The molecule has 1 fully saturated rings. The van der Waals surface area contributed by atoms with Crippen molar-refractivity contribution in [3.63, 3.8) is 0 Å². The van der Waals surface area contributed by atoms with Crippen molar-refractivity contribution in [3.8, 4) is 0 Å². The summed E-state index contributed by atoms with van der Waals surface area (Å²) >= 11 is 0. The van der Waals surface area contributed by atoms with Crippen LogP contribution in [0.3, 0.4) is 0 Å². The van der Waals surface area contributed by atoms with Gasteiger partial charge in [0.2, 0.25) is 0 Å². The van der Waals surface area contributed by atoms with Gasteiger partial charge in [0, 0.05) is 25.0 Å². The topological polar surface area (TPSA) is 58.4 Å². The summed E-state index contributed by atoms with van der Waals surface area (Å²) in [5.41, 5.74) is 0. The number of hydrogen-bond donors (Lipinski definition) is 1. The van der Waals surface area contributed by atoms with Crippen LogP contribution in [0, 0.1) is 0 Å². The molecule has 5 nitrogen and oxygen atoms in total. The van der Waals surface area contributed by atoms with E-state index >= 15 is 0 Å². The molecular formula is C12H19N3O2. The van der Waals surface area contributed by atoms with E-state index in [0.29, 0.717) is 6.04 Å². The Bertz CT molecular complexity index is 351. The monoisotopic (exact) mass is 237 g/mol. The van der Waals surface area contributed by atoms with Crippen LogP contribution in [0.5, 0.6) is 0 Å². The van der Waals surface area contributed by atoms with Crippen LogP contribution < -0.4 is 0 Å². The molecule has 1 aromatic heterocycles. The molecule has 0 aromatic carbocycles. The molecule has 0 bridgehead atoms. The van der Waals surface area contributed by atoms with Gasteiger partial charge in [-0.1, -0.05) is 0 Å². The van der Waals surface area contributed by atoms with Gasteiger partial charge in [0.05, 0.1) is 6.54 Å². The highest BCUT2D eigenvalue weighted by Gasteiger charge is 2.25. The number of carboxylic acid groups (broad SMARTS) is 1. The predicted octanol–water partition coefficient (Wildman–Crippen LogP) is 1.21. The fourth-order valence-electron chi connectivity index (χ4n) is 2.53. The van der Waals surface area contributed by atoms with Crippen molar-refractivity contribution in [1.82, 2.24) is 14.7 Å². The highest BCUT2D eigenvalue weighted by atomic mass is 16.4. The van der Waals surface area contributed by atoms with Gasteiger partial charge < -0.3 is 5.11 Å². The molecule has 1 aliphatic heterocycles. The van der Waals surface area contributed by atoms with Crippen molar-refractivity contribution in [2.75, 3.05) is 13.1 Å². The second kappa shape index (κ2) is 5.82. The molecule has 0 spiro atoms. The Kier molecular flexibility index (Phi) is 4.14. The van der Waals surface area contributed by atoms with Crippen LogP contribution in [0.4, 0.5) is 0 Å². The normalized spacial score (nSPS) is 20.8. The van der Waals surface area contributed by atoms with E-state index in [0.717, 1.165) is 38.8 Å². The number of aryl methyl sites for hydroxylation is 1. The molecule has 5 heteroatoms. The summed E-state index contributed by atoms with van der Waals surface area (Å²) in [6.45, 7) is 2.04. The third kappa shape index (κ3) is 3.56. The van der Waals surface area contributed by atoms with Gasteiger partial charge in [-0.3, -0.25) is 14.4 Å². The van der Waals surface area contributed by atoms with Gasteiger partial charge in [-0.05, 0) is 38.3 Å². The Balaban J connectivity index is 1.72. The zero-order valence-corrected chi connectivity index (χ0v) is 9.96. The van der Waals surface area contributed by atoms with E-state index < -0.39 is 5.97 Å². The Morgan fingerprint density at radius 2 is 2.41 bits per heavy atom. The minimum Gasteiger partial charge on any atom is -0.480 e. The molecule has 1 aliphatic rings. The lowest BCUT2D eigenvalue weighted by Crippen LogP contribution is -2.34. The summed E-state index contributed by atoms with van der Waals surface area (Å²) in [6.07, 6.45) is 8.12. The quantitative estimate of drug-likeness (QED) is 0.808. The fraction of sp³-hybridized carbons (Fsp3) is 0.667. The second-order valence-corrected chi connectivity index (χ2v) is 4.57. The molecule has 17 heavy (non-hydrogen) atoms. The lowest BCUT2D eigenvalue weighted by atomic mass is 10.1. The smallest absolute Gasteiger partial charge is 0.317 e. The molecule has 0 radical (unpaired) electrons. The minimum absolute atomic E-state index is 0.187. The van der Waals surface area contributed by atoms with Crippen LogP contribution in [0.25, 0.3) is 0 Å². The highest BCUT2D eigenvalue weighted by Crippen LogP contribution is 2.21. The first-order chi connectivity index (χ1) is 8.25. The minimum atomic E-state index is -0.719. The van der Waals surface area contributed by atoms with Gasteiger partial charge in [0.15, 0.2) is 0 Å². The van der Waals surface area contributed by atoms with Gasteiger partial charge in [-0.2, -0.15) is 5.10 Å². The number of aliphatic carboxylic acids is 1. The molecule has 1 aromatic rings. The average molecular weight is 237 g/mol. The Morgan fingerprint density at radius 3 is 3.12 bits per heavy atom. The van der Waals surface area contributed by atoms with Gasteiger partial charge in [0.25, 0.3) is 0 Å². The van der Waals surface area contributed by atoms with Crippen molar-refractivity contribution < 1.29 is 9.90 Å². The molecule has 1 N–H and O–H groups in total. The zero-order valence-electron chi connectivity index (χ0n) is 9.96. The molecule has 0 unspecified atom stereocenters. The second-order valence-electron chi connectivity index (χ2n) is 4.57. The number of rotatable bonds is 6. The van der Waals surface area contributed by atoms with E-state index in [1.54, 1.807) is 6.20 Å². The van der Waals surface area contributed by atoms with Gasteiger partial charge in [0.1, 0.15) is 0 Å². The molecule has 1 saturated heterocycles. The molecule has 0 aliphatic carbocycles.